The van der Waals surface area contributed by atoms with Gasteiger partial charge in [-0.25, -0.2) is 0 Å². The van der Waals surface area contributed by atoms with Crippen LogP contribution in [0.3, 0.4) is 0 Å². The molecule has 0 atom stereocenters. The van der Waals surface area contributed by atoms with Crippen molar-refractivity contribution in [2.75, 3.05) is 4.90 Å². The molecule has 0 N–H and O–H groups in total. The molecule has 1 aromatic heterocycles. The minimum Gasteiger partial charge on any atom is -0.454 e. The van der Waals surface area contributed by atoms with Crippen LogP contribution in [0.25, 0.3) is 88.3 Å². The van der Waals surface area contributed by atoms with Crippen molar-refractivity contribution in [3.63, 3.8) is 0 Å². The Kier molecular flexibility index (Phi) is 5.13. The molecule has 0 bridgehead atoms. The van der Waals surface area contributed by atoms with Crippen LogP contribution in [0, 0.1) is 0 Å². The van der Waals surface area contributed by atoms with Crippen LogP contribution >= 0.6 is 0 Å². The van der Waals surface area contributed by atoms with Gasteiger partial charge in [-0.15, -0.1) is 0 Å². The number of benzene rings is 11. The van der Waals surface area contributed by atoms with Gasteiger partial charge in [-0.1, -0.05) is 212 Å². The van der Waals surface area contributed by atoms with E-state index in [0.717, 1.165) is 49.9 Å². The molecule has 2 aliphatic rings. The number of hydrogen-bond acceptors (Lipinski definition) is 2. The average molecular weight is 871 g/mol. The second-order valence-electron chi connectivity index (χ2n) is 16.4. The third-order valence-electron chi connectivity index (χ3n) is 13.1. The van der Waals surface area contributed by atoms with Crippen LogP contribution in [0.1, 0.15) is 48.3 Å². The predicted molar refractivity (Wildman–Crippen MR) is 279 cm³/mol. The minimum absolute atomic E-state index is 0.303. The summed E-state index contributed by atoms with van der Waals surface area (Å²) in [5, 5.41) is 0.231. The van der Waals surface area contributed by atoms with Gasteiger partial charge in [0.25, 0.3) is 0 Å². The Balaban J connectivity index is 1.08. The Morgan fingerprint density at radius 1 is 0.373 bits per heavy atom. The summed E-state index contributed by atoms with van der Waals surface area (Å²) in [5.41, 5.74) is 4.12. The second-order valence-corrected chi connectivity index (χ2v) is 16.4. The fraction of sp³-hybridized carbons (Fsp3) is 0.0154. The zero-order valence-electron chi connectivity index (χ0n) is 54.1. The highest BCUT2D eigenvalue weighted by molar-refractivity contribution is 6.11. The molecule has 0 amide bonds. The highest BCUT2D eigenvalue weighted by atomic mass is 16.3. The van der Waals surface area contributed by atoms with Gasteiger partial charge < -0.3 is 9.32 Å². The normalized spacial score (nSPS) is 16.9. The lowest BCUT2D eigenvalue weighted by Crippen LogP contribution is -2.26. The maximum Gasteiger partial charge on any atom is 0.159 e. The average Bonchev–Trinajstić information content (AvgIpc) is 1.46. The van der Waals surface area contributed by atoms with E-state index in [1.54, 1.807) is 23.1 Å². The third-order valence-corrected chi connectivity index (χ3v) is 13.1. The van der Waals surface area contributed by atoms with Crippen LogP contribution in [-0.2, 0) is 5.41 Å². The number of hydrogen-bond donors (Lipinski definition) is 0. The van der Waals surface area contributed by atoms with Gasteiger partial charge in [0.05, 0.1) is 37.1 Å². The van der Waals surface area contributed by atoms with Gasteiger partial charge in [0.15, 0.2) is 5.58 Å². The highest BCUT2D eigenvalue weighted by Gasteiger charge is 2.51. The second kappa shape index (κ2) is 14.7. The van der Waals surface area contributed by atoms with Crippen LogP contribution in [0.2, 0.25) is 0 Å². The van der Waals surface area contributed by atoms with Crippen LogP contribution in [0.5, 0.6) is 0 Å². The summed E-state index contributed by atoms with van der Waals surface area (Å²) in [6.45, 7) is 0. The molecule has 12 aromatic rings. The summed E-state index contributed by atoms with van der Waals surface area (Å²) in [5.74, 6) is 0. The van der Waals surface area contributed by atoms with E-state index in [1.165, 1.54) is 0 Å². The maximum atomic E-state index is 10.2. The Hall–Kier alpha value is -8.72. The van der Waals surface area contributed by atoms with Gasteiger partial charge >= 0.3 is 0 Å². The molecule has 67 heavy (non-hydrogen) atoms. The van der Waals surface area contributed by atoms with Crippen molar-refractivity contribution < 1.29 is 30.5 Å². The molecule has 0 fully saturated rings. The van der Waals surface area contributed by atoms with E-state index in [0.29, 0.717) is 27.9 Å². The molecule has 0 saturated heterocycles. The summed E-state index contributed by atoms with van der Waals surface area (Å²) < 4.78 is 183. The molecule has 0 unspecified atom stereocenters. The Labute approximate surface area is 416 Å². The largest absolute Gasteiger partial charge is 0.454 e. The number of para-hydroxylation sites is 2. The Morgan fingerprint density at radius 3 is 1.69 bits per heavy atom. The number of nitrogens with zero attached hydrogens (tertiary/aromatic N) is 1. The molecule has 2 nitrogen and oxygen atoms in total. The van der Waals surface area contributed by atoms with Crippen molar-refractivity contribution in [2.24, 2.45) is 0 Å². The molecule has 0 aliphatic heterocycles. The van der Waals surface area contributed by atoms with Crippen molar-refractivity contribution >= 4 is 49.8 Å². The van der Waals surface area contributed by atoms with E-state index in [1.807, 2.05) is 78.9 Å². The highest BCUT2D eigenvalue weighted by Crippen LogP contribution is 2.63. The SMILES string of the molecule is [2H]c1c([2H])c([2H])c(-c2c([2H])c([2H])c(-c3c(-c4c([2H])c([2H])c(N(c5ccc6c(c5)C5(c7ccccc7-c7ccccc75)c5ccccc5-6)c5cccc6c5oc5ccccc56)c([2H])c4[2H])c([2H])c([2H])c4c([2H])c([2H])c([2H])c([2H])c34)c([2H])c2[2H])c([2H])c1[2H]. The number of rotatable bonds is 6. The van der Waals surface area contributed by atoms with E-state index >= 15 is 0 Å². The van der Waals surface area contributed by atoms with E-state index in [-0.39, 0.29) is 5.69 Å². The summed E-state index contributed by atoms with van der Waals surface area (Å²) >= 11 is 0. The van der Waals surface area contributed by atoms with Crippen molar-refractivity contribution in [3.05, 3.63) is 271 Å². The van der Waals surface area contributed by atoms with Crippen molar-refractivity contribution in [3.8, 4) is 55.6 Å². The fourth-order valence-corrected chi connectivity index (χ4v) is 10.3. The maximum absolute atomic E-state index is 10.2. The molecule has 1 heterocycles. The molecule has 0 radical (unpaired) electrons. The zero-order chi connectivity index (χ0) is 60.6. The van der Waals surface area contributed by atoms with Crippen LogP contribution in [0.4, 0.5) is 17.1 Å². The molecule has 14 rings (SSSR count). The molecule has 11 aromatic carbocycles. The van der Waals surface area contributed by atoms with Crippen molar-refractivity contribution in [1.29, 1.82) is 0 Å². The van der Waals surface area contributed by atoms with Gasteiger partial charge in [0.1, 0.15) is 5.58 Å². The number of fused-ring (bicyclic) bond motifs is 14. The van der Waals surface area contributed by atoms with Gasteiger partial charge in [-0.05, 0) is 125 Å². The monoisotopic (exact) mass is 870 g/mol. The van der Waals surface area contributed by atoms with Crippen molar-refractivity contribution in [1.82, 2.24) is 0 Å². The van der Waals surface area contributed by atoms with Gasteiger partial charge in [-0.3, -0.25) is 0 Å². The van der Waals surface area contributed by atoms with E-state index < -0.39 is 164 Å². The summed E-state index contributed by atoms with van der Waals surface area (Å²) in [6, 6.07) is 27.0. The summed E-state index contributed by atoms with van der Waals surface area (Å²) in [6.07, 6.45) is 0. The first kappa shape index (κ1) is 23.5. The van der Waals surface area contributed by atoms with Gasteiger partial charge in [-0.2, -0.15) is 0 Å². The molecule has 1 spiro atoms. The van der Waals surface area contributed by atoms with Crippen LogP contribution in [0.15, 0.2) is 253 Å². The fourth-order valence-electron chi connectivity index (χ4n) is 10.3. The molecule has 2 aliphatic carbocycles. The van der Waals surface area contributed by atoms with Crippen molar-refractivity contribution in [2.45, 2.75) is 5.41 Å². The van der Waals surface area contributed by atoms with Gasteiger partial charge in [0.2, 0.25) is 0 Å². The predicted octanol–water partition coefficient (Wildman–Crippen LogP) is 17.6. The standard InChI is InChI=1S/C65H41NO/c1-2-15-42(16-3-1)43-29-31-46(32-30-43)63-49-18-5-4-17-44(49)35-39-50(63)45-33-36-47(37-34-45)66(61-27-14-23-56-55-22-9-13-28-62(55)67-64(56)61)48-38-40-54-53-21-8-12-26-59(53)65(60(54)41-48)57-24-10-6-19-51(57)52-20-7-11-25-58(52)65/h1-41H/i1D,2D,3D,4D,5D,15D,16D,17D,18D,29D,30D,31D,32D,33D,34D,35D,36D,37D,39D. The topological polar surface area (TPSA) is 16.4 Å². The Bertz CT molecular complexity index is 4940. The van der Waals surface area contributed by atoms with Crippen LogP contribution < -0.4 is 4.90 Å². The van der Waals surface area contributed by atoms with Crippen LogP contribution in [-0.4, -0.2) is 0 Å². The quantitative estimate of drug-likeness (QED) is 0.166. The summed E-state index contributed by atoms with van der Waals surface area (Å²) in [7, 11) is 0. The molecular formula is C65H41NO. The number of anilines is 3. The summed E-state index contributed by atoms with van der Waals surface area (Å²) in [4.78, 5) is 1.59. The molecular weight excluding hydrogens is 811 g/mol. The molecule has 0 saturated carbocycles. The third kappa shape index (κ3) is 5.51. The first-order chi connectivity index (χ1) is 41.2. The smallest absolute Gasteiger partial charge is 0.159 e. The lowest BCUT2D eigenvalue weighted by molar-refractivity contribution is 0.669. The first-order valence-corrected chi connectivity index (χ1v) is 21.6. The van der Waals surface area contributed by atoms with E-state index in [9.17, 15) is 15.1 Å². The number of furan rings is 1. The van der Waals surface area contributed by atoms with E-state index in [2.05, 4.69) is 36.4 Å². The molecule has 2 heteroatoms. The first-order valence-electron chi connectivity index (χ1n) is 31.1. The minimum atomic E-state index is -0.985. The lowest BCUT2D eigenvalue weighted by Gasteiger charge is -2.32. The lowest BCUT2D eigenvalue weighted by atomic mass is 9.70. The zero-order valence-corrected chi connectivity index (χ0v) is 35.1. The molecule has 312 valence electrons. The van der Waals surface area contributed by atoms with Gasteiger partial charge in [0, 0.05) is 22.1 Å². The Morgan fingerprint density at radius 2 is 0.955 bits per heavy atom. The van der Waals surface area contributed by atoms with E-state index in [4.69, 9.17) is 15.4 Å².